The average Bonchev–Trinajstić information content (AvgIpc) is 2.75. The number of likely N-dealkylation sites (N-methyl/N-ethyl adjacent to an activating group) is 1. The number of hydrogen-bond donors (Lipinski definition) is 2. The van der Waals surface area contributed by atoms with Gasteiger partial charge in [0.25, 0.3) is 0 Å². The number of nitrogens with two attached hydrogens (primary N) is 1. The topological polar surface area (TPSA) is 75.0 Å². The van der Waals surface area contributed by atoms with Crippen LogP contribution in [0, 0.1) is 0 Å². The van der Waals surface area contributed by atoms with Gasteiger partial charge in [-0.25, -0.2) is 0 Å². The van der Waals surface area contributed by atoms with E-state index in [1.54, 1.807) is 11.9 Å². The Kier molecular flexibility index (Phi) is 2.16. The van der Waals surface area contributed by atoms with Gasteiger partial charge in [0.2, 0.25) is 5.91 Å². The van der Waals surface area contributed by atoms with E-state index in [0.717, 1.165) is 22.0 Å². The van der Waals surface area contributed by atoms with Crippen LogP contribution in [0.4, 0.5) is 0 Å². The number of rotatable bonds is 0. The Morgan fingerprint density at radius 2 is 2.35 bits per heavy atom. The van der Waals surface area contributed by atoms with E-state index in [4.69, 9.17) is 5.73 Å². The first-order valence-corrected chi connectivity index (χ1v) is 5.61. The molecule has 0 bridgehead atoms. The van der Waals surface area contributed by atoms with Gasteiger partial charge in [0.1, 0.15) is 0 Å². The van der Waals surface area contributed by atoms with Crippen LogP contribution in [-0.2, 0) is 17.8 Å². The summed E-state index contributed by atoms with van der Waals surface area (Å²) in [4.78, 5) is 13.5. The Balaban J connectivity index is 2.20. The second-order valence-corrected chi connectivity index (χ2v) is 4.54. The van der Waals surface area contributed by atoms with Gasteiger partial charge >= 0.3 is 0 Å². The normalized spacial score (nSPS) is 20.5. The molecule has 2 heterocycles. The fraction of sp³-hybridized carbons (Fsp3) is 0.333. The molecule has 17 heavy (non-hydrogen) atoms. The zero-order valence-electron chi connectivity index (χ0n) is 9.60. The molecule has 2 aromatic rings. The third kappa shape index (κ3) is 1.51. The number of nitrogens with zero attached hydrogens (tertiary/aromatic N) is 2. The lowest BCUT2D eigenvalue weighted by atomic mass is 9.99. The van der Waals surface area contributed by atoms with Crippen LogP contribution in [0.25, 0.3) is 10.9 Å². The van der Waals surface area contributed by atoms with E-state index in [1.165, 1.54) is 0 Å². The second-order valence-electron chi connectivity index (χ2n) is 4.54. The molecule has 1 aliphatic heterocycles. The van der Waals surface area contributed by atoms with Crippen molar-refractivity contribution in [2.75, 3.05) is 7.05 Å². The van der Waals surface area contributed by atoms with E-state index < -0.39 is 6.04 Å². The molecular weight excluding hydrogens is 216 g/mol. The van der Waals surface area contributed by atoms with Crippen molar-refractivity contribution in [2.24, 2.45) is 5.73 Å². The van der Waals surface area contributed by atoms with Crippen molar-refractivity contribution in [3.8, 4) is 0 Å². The highest BCUT2D eigenvalue weighted by Gasteiger charge is 2.25. The zero-order valence-corrected chi connectivity index (χ0v) is 9.60. The molecule has 0 radical (unpaired) electrons. The van der Waals surface area contributed by atoms with E-state index in [0.29, 0.717) is 13.0 Å². The minimum absolute atomic E-state index is 0.00200. The molecule has 0 saturated carbocycles. The molecule has 3 N–H and O–H groups in total. The number of fused-ring (bicyclic) bond motifs is 3. The molecular formula is C12H14N4O. The van der Waals surface area contributed by atoms with Crippen LogP contribution in [0.15, 0.2) is 18.3 Å². The molecule has 1 amide bonds. The summed E-state index contributed by atoms with van der Waals surface area (Å²) in [6, 6.07) is 3.58. The van der Waals surface area contributed by atoms with Crippen LogP contribution < -0.4 is 5.73 Å². The maximum absolute atomic E-state index is 11.9. The number of carbonyl (C=O) groups is 1. The first-order valence-electron chi connectivity index (χ1n) is 5.61. The van der Waals surface area contributed by atoms with Crippen molar-refractivity contribution in [1.82, 2.24) is 15.1 Å². The predicted octanol–water partition coefficient (Wildman–Crippen LogP) is 0.405. The van der Waals surface area contributed by atoms with Crippen LogP contribution in [0.3, 0.4) is 0 Å². The fourth-order valence-corrected chi connectivity index (χ4v) is 2.42. The van der Waals surface area contributed by atoms with Gasteiger partial charge in [-0.2, -0.15) is 5.10 Å². The lowest BCUT2D eigenvalue weighted by molar-refractivity contribution is -0.131. The van der Waals surface area contributed by atoms with Gasteiger partial charge in [-0.05, 0) is 23.6 Å². The predicted molar refractivity (Wildman–Crippen MR) is 64.2 cm³/mol. The molecule has 1 aliphatic rings. The highest BCUT2D eigenvalue weighted by molar-refractivity contribution is 5.87. The molecule has 1 aromatic heterocycles. The van der Waals surface area contributed by atoms with E-state index in [-0.39, 0.29) is 5.91 Å². The number of H-pyrrole nitrogens is 1. The van der Waals surface area contributed by atoms with Gasteiger partial charge in [0.15, 0.2) is 0 Å². The van der Waals surface area contributed by atoms with Crippen molar-refractivity contribution < 1.29 is 4.79 Å². The van der Waals surface area contributed by atoms with Gasteiger partial charge in [-0.1, -0.05) is 6.07 Å². The summed E-state index contributed by atoms with van der Waals surface area (Å²) in [6.45, 7) is 0.596. The lowest BCUT2D eigenvalue weighted by Gasteiger charge is -2.16. The molecule has 0 fully saturated rings. The van der Waals surface area contributed by atoms with Crippen LogP contribution in [-0.4, -0.2) is 34.1 Å². The van der Waals surface area contributed by atoms with Gasteiger partial charge < -0.3 is 10.6 Å². The monoisotopic (exact) mass is 230 g/mol. The highest BCUT2D eigenvalue weighted by Crippen LogP contribution is 2.25. The summed E-state index contributed by atoms with van der Waals surface area (Å²) in [5.74, 6) is -0.00200. The van der Waals surface area contributed by atoms with E-state index in [2.05, 4.69) is 10.2 Å². The number of aromatic amines is 1. The summed E-state index contributed by atoms with van der Waals surface area (Å²) >= 11 is 0. The van der Waals surface area contributed by atoms with Gasteiger partial charge in [0, 0.05) is 19.0 Å². The molecule has 1 aromatic carbocycles. The Morgan fingerprint density at radius 3 is 3.18 bits per heavy atom. The van der Waals surface area contributed by atoms with Crippen molar-refractivity contribution >= 4 is 16.8 Å². The Morgan fingerprint density at radius 1 is 1.53 bits per heavy atom. The first-order chi connectivity index (χ1) is 8.16. The Hall–Kier alpha value is -1.88. The molecule has 0 unspecified atom stereocenters. The number of benzene rings is 1. The molecule has 0 spiro atoms. The lowest BCUT2D eigenvalue weighted by Crippen LogP contribution is -2.40. The number of carbonyl (C=O) groups excluding carboxylic acids is 1. The summed E-state index contributed by atoms with van der Waals surface area (Å²) in [5, 5.41) is 8.07. The Bertz CT molecular complexity index is 589. The Labute approximate surface area is 98.6 Å². The maximum atomic E-state index is 11.9. The molecule has 5 nitrogen and oxygen atoms in total. The largest absolute Gasteiger partial charge is 0.340 e. The van der Waals surface area contributed by atoms with E-state index in [9.17, 15) is 4.79 Å². The van der Waals surface area contributed by atoms with Gasteiger partial charge in [-0.15, -0.1) is 0 Å². The highest BCUT2D eigenvalue weighted by atomic mass is 16.2. The summed E-state index contributed by atoms with van der Waals surface area (Å²) < 4.78 is 0. The number of hydrogen-bond acceptors (Lipinski definition) is 3. The van der Waals surface area contributed by atoms with Gasteiger partial charge in [0.05, 0.1) is 17.8 Å². The molecule has 5 heteroatoms. The maximum Gasteiger partial charge on any atom is 0.239 e. The van der Waals surface area contributed by atoms with Crippen LogP contribution >= 0.6 is 0 Å². The van der Waals surface area contributed by atoms with Crippen LogP contribution in [0.1, 0.15) is 11.1 Å². The number of aromatic nitrogens is 2. The average molecular weight is 230 g/mol. The number of amides is 1. The van der Waals surface area contributed by atoms with E-state index >= 15 is 0 Å². The third-order valence-electron chi connectivity index (χ3n) is 3.36. The molecule has 0 saturated heterocycles. The smallest absolute Gasteiger partial charge is 0.239 e. The van der Waals surface area contributed by atoms with E-state index in [1.807, 2.05) is 18.3 Å². The summed E-state index contributed by atoms with van der Waals surface area (Å²) in [7, 11) is 1.79. The zero-order chi connectivity index (χ0) is 12.0. The van der Waals surface area contributed by atoms with Crippen molar-refractivity contribution in [2.45, 2.75) is 19.0 Å². The number of nitrogens with one attached hydrogen (secondary N) is 1. The van der Waals surface area contributed by atoms with Crippen molar-refractivity contribution in [3.05, 3.63) is 29.5 Å². The van der Waals surface area contributed by atoms with Gasteiger partial charge in [-0.3, -0.25) is 9.89 Å². The van der Waals surface area contributed by atoms with Crippen molar-refractivity contribution in [3.63, 3.8) is 0 Å². The minimum atomic E-state index is -0.439. The molecule has 88 valence electrons. The van der Waals surface area contributed by atoms with Crippen molar-refractivity contribution in [1.29, 1.82) is 0 Å². The third-order valence-corrected chi connectivity index (χ3v) is 3.36. The standard InChI is InChI=1S/C12H14N4O/c1-16-6-9-7(4-10(13)12(16)17)2-3-11-8(9)5-14-15-11/h2-3,5,10H,4,6,13H2,1H3,(H,14,15)/t10-/m1/s1. The first kappa shape index (κ1) is 10.3. The van der Waals surface area contributed by atoms with Crippen LogP contribution in [0.2, 0.25) is 0 Å². The minimum Gasteiger partial charge on any atom is -0.340 e. The molecule has 1 atom stereocenters. The quantitative estimate of drug-likeness (QED) is 0.688. The fourth-order valence-electron chi connectivity index (χ4n) is 2.42. The second kappa shape index (κ2) is 3.56. The summed E-state index contributed by atoms with van der Waals surface area (Å²) in [6.07, 6.45) is 2.41. The SMILES string of the molecule is CN1Cc2c(ccc3[nH]ncc23)C[C@@H](N)C1=O. The van der Waals surface area contributed by atoms with Crippen LogP contribution in [0.5, 0.6) is 0 Å². The molecule has 3 rings (SSSR count). The molecule has 0 aliphatic carbocycles. The summed E-state index contributed by atoms with van der Waals surface area (Å²) in [5.41, 5.74) is 9.18.